The average molecular weight is 152 g/mol. The van der Waals surface area contributed by atoms with Crippen LogP contribution in [0, 0.1) is 5.41 Å². The van der Waals surface area contributed by atoms with Gasteiger partial charge in [-0.15, -0.1) is 0 Å². The van der Waals surface area contributed by atoms with Gasteiger partial charge < -0.3 is 10.3 Å². The van der Waals surface area contributed by atoms with Gasteiger partial charge in [0.2, 0.25) is 0 Å². The molecule has 2 atom stereocenters. The Labute approximate surface area is 65.6 Å². The molecule has 1 saturated carbocycles. The highest BCUT2D eigenvalue weighted by Crippen LogP contribution is 2.56. The van der Waals surface area contributed by atoms with Crippen molar-refractivity contribution in [3.05, 3.63) is 18.0 Å². The SMILES string of the molecule is CC1(C)[C@@H](N)[C@@H]1c1ccon1. The zero-order valence-electron chi connectivity index (χ0n) is 6.74. The molecule has 0 saturated heterocycles. The molecule has 1 heterocycles. The van der Waals surface area contributed by atoms with E-state index >= 15 is 0 Å². The molecule has 0 spiro atoms. The van der Waals surface area contributed by atoms with Crippen molar-refractivity contribution >= 4 is 0 Å². The lowest BCUT2D eigenvalue weighted by Gasteiger charge is -1.96. The summed E-state index contributed by atoms with van der Waals surface area (Å²) >= 11 is 0. The van der Waals surface area contributed by atoms with Crippen molar-refractivity contribution in [3.63, 3.8) is 0 Å². The summed E-state index contributed by atoms with van der Waals surface area (Å²) in [5.74, 6) is 0.390. The summed E-state index contributed by atoms with van der Waals surface area (Å²) < 4.78 is 4.75. The van der Waals surface area contributed by atoms with Crippen LogP contribution >= 0.6 is 0 Å². The van der Waals surface area contributed by atoms with Gasteiger partial charge >= 0.3 is 0 Å². The minimum Gasteiger partial charge on any atom is -0.365 e. The van der Waals surface area contributed by atoms with Crippen LogP contribution in [-0.4, -0.2) is 11.2 Å². The van der Waals surface area contributed by atoms with E-state index in [9.17, 15) is 0 Å². The van der Waals surface area contributed by atoms with Crippen molar-refractivity contribution in [2.45, 2.75) is 25.8 Å². The van der Waals surface area contributed by atoms with Gasteiger partial charge in [0.1, 0.15) is 6.26 Å². The van der Waals surface area contributed by atoms with E-state index in [1.54, 1.807) is 6.26 Å². The molecular formula is C8H12N2O. The number of nitrogens with zero attached hydrogens (tertiary/aromatic N) is 1. The van der Waals surface area contributed by atoms with Crippen LogP contribution in [0.1, 0.15) is 25.5 Å². The fraction of sp³-hybridized carbons (Fsp3) is 0.625. The Bertz CT molecular complexity index is 253. The molecule has 1 fully saturated rings. The van der Waals surface area contributed by atoms with E-state index in [0.29, 0.717) is 5.92 Å². The van der Waals surface area contributed by atoms with E-state index < -0.39 is 0 Å². The van der Waals surface area contributed by atoms with Crippen LogP contribution < -0.4 is 5.73 Å². The summed E-state index contributed by atoms with van der Waals surface area (Å²) in [7, 11) is 0. The van der Waals surface area contributed by atoms with E-state index in [1.165, 1.54) is 0 Å². The molecule has 0 aromatic carbocycles. The Morgan fingerprint density at radius 1 is 1.64 bits per heavy atom. The van der Waals surface area contributed by atoms with Gasteiger partial charge in [0.25, 0.3) is 0 Å². The molecule has 0 amide bonds. The van der Waals surface area contributed by atoms with Crippen molar-refractivity contribution < 1.29 is 4.52 Å². The lowest BCUT2D eigenvalue weighted by Crippen LogP contribution is -2.06. The first-order valence-corrected chi connectivity index (χ1v) is 3.80. The molecule has 0 bridgehead atoms. The molecule has 0 aliphatic heterocycles. The summed E-state index contributed by atoms with van der Waals surface area (Å²) in [5.41, 5.74) is 7.05. The molecule has 1 aliphatic rings. The van der Waals surface area contributed by atoms with Crippen LogP contribution in [0.3, 0.4) is 0 Å². The molecule has 2 rings (SSSR count). The first kappa shape index (κ1) is 6.85. The third-order valence-corrected chi connectivity index (χ3v) is 2.69. The molecule has 0 unspecified atom stereocenters. The number of nitrogens with two attached hydrogens (primary N) is 1. The van der Waals surface area contributed by atoms with E-state index in [2.05, 4.69) is 19.0 Å². The number of hydrogen-bond donors (Lipinski definition) is 1. The topological polar surface area (TPSA) is 52.0 Å². The van der Waals surface area contributed by atoms with Crippen LogP contribution in [0.15, 0.2) is 16.9 Å². The maximum Gasteiger partial charge on any atom is 0.124 e. The lowest BCUT2D eigenvalue weighted by atomic mass is 10.1. The summed E-state index contributed by atoms with van der Waals surface area (Å²) in [6.07, 6.45) is 1.59. The second-order valence-corrected chi connectivity index (χ2v) is 3.75. The maximum absolute atomic E-state index is 5.85. The standard InChI is InChI=1S/C8H12N2O/c1-8(2)6(7(8)9)5-3-4-11-10-5/h3-4,6-7H,9H2,1-2H3/t6-,7-/m0/s1. The third kappa shape index (κ3) is 0.807. The van der Waals surface area contributed by atoms with Gasteiger partial charge in [-0.3, -0.25) is 0 Å². The minimum atomic E-state index is 0.205. The summed E-state index contributed by atoms with van der Waals surface area (Å²) in [6.45, 7) is 4.30. The van der Waals surface area contributed by atoms with Gasteiger partial charge in [0.05, 0.1) is 5.69 Å². The molecule has 0 radical (unpaired) electrons. The molecule has 1 aromatic rings. The van der Waals surface area contributed by atoms with Crippen LogP contribution in [0.5, 0.6) is 0 Å². The Balaban J connectivity index is 2.23. The van der Waals surface area contributed by atoms with Crippen LogP contribution in [0.25, 0.3) is 0 Å². The fourth-order valence-corrected chi connectivity index (χ4v) is 1.62. The third-order valence-electron chi connectivity index (χ3n) is 2.69. The molecule has 3 heteroatoms. The predicted molar refractivity (Wildman–Crippen MR) is 41.0 cm³/mol. The van der Waals surface area contributed by atoms with Gasteiger partial charge in [0, 0.05) is 18.0 Å². The fourth-order valence-electron chi connectivity index (χ4n) is 1.62. The van der Waals surface area contributed by atoms with E-state index in [4.69, 9.17) is 10.3 Å². The summed E-state index contributed by atoms with van der Waals surface area (Å²) in [6, 6.07) is 2.13. The first-order valence-electron chi connectivity index (χ1n) is 3.80. The van der Waals surface area contributed by atoms with Crippen LogP contribution in [0.2, 0.25) is 0 Å². The molecule has 11 heavy (non-hydrogen) atoms. The van der Waals surface area contributed by atoms with Crippen molar-refractivity contribution in [2.75, 3.05) is 0 Å². The quantitative estimate of drug-likeness (QED) is 0.656. The van der Waals surface area contributed by atoms with Crippen molar-refractivity contribution in [3.8, 4) is 0 Å². The smallest absolute Gasteiger partial charge is 0.124 e. The molecule has 1 aromatic heterocycles. The van der Waals surface area contributed by atoms with E-state index in [0.717, 1.165) is 5.69 Å². The molecule has 3 nitrogen and oxygen atoms in total. The zero-order chi connectivity index (χ0) is 8.06. The van der Waals surface area contributed by atoms with Crippen LogP contribution in [-0.2, 0) is 0 Å². The minimum absolute atomic E-state index is 0.205. The van der Waals surface area contributed by atoms with Gasteiger partial charge in [-0.2, -0.15) is 0 Å². The zero-order valence-corrected chi connectivity index (χ0v) is 6.74. The maximum atomic E-state index is 5.85. The molecule has 60 valence electrons. The second-order valence-electron chi connectivity index (χ2n) is 3.75. The Morgan fingerprint density at radius 3 is 2.64 bits per heavy atom. The van der Waals surface area contributed by atoms with E-state index in [1.807, 2.05) is 6.07 Å². The van der Waals surface area contributed by atoms with Crippen molar-refractivity contribution in [1.29, 1.82) is 0 Å². The monoisotopic (exact) mass is 152 g/mol. The normalized spacial score (nSPS) is 33.7. The Hall–Kier alpha value is -0.830. The Kier molecular flexibility index (Phi) is 1.16. The molecular weight excluding hydrogens is 140 g/mol. The van der Waals surface area contributed by atoms with Gasteiger partial charge in [-0.25, -0.2) is 0 Å². The summed E-state index contributed by atoms with van der Waals surface area (Å²) in [4.78, 5) is 0. The first-order chi connectivity index (χ1) is 5.14. The van der Waals surface area contributed by atoms with Gasteiger partial charge in [0.15, 0.2) is 0 Å². The Morgan fingerprint density at radius 2 is 2.27 bits per heavy atom. The largest absolute Gasteiger partial charge is 0.365 e. The molecule has 1 aliphatic carbocycles. The van der Waals surface area contributed by atoms with Crippen molar-refractivity contribution in [1.82, 2.24) is 5.16 Å². The van der Waals surface area contributed by atoms with E-state index in [-0.39, 0.29) is 11.5 Å². The molecule has 2 N–H and O–H groups in total. The van der Waals surface area contributed by atoms with Crippen LogP contribution in [0.4, 0.5) is 0 Å². The highest BCUT2D eigenvalue weighted by Gasteiger charge is 2.57. The lowest BCUT2D eigenvalue weighted by molar-refractivity contribution is 0.408. The number of hydrogen-bond acceptors (Lipinski definition) is 3. The summed E-state index contributed by atoms with van der Waals surface area (Å²) in [5, 5.41) is 3.87. The number of rotatable bonds is 1. The highest BCUT2D eigenvalue weighted by atomic mass is 16.5. The predicted octanol–water partition coefficient (Wildman–Crippen LogP) is 1.13. The van der Waals surface area contributed by atoms with Crippen molar-refractivity contribution in [2.24, 2.45) is 11.1 Å². The average Bonchev–Trinajstić information content (AvgIpc) is 2.40. The highest BCUT2D eigenvalue weighted by molar-refractivity contribution is 5.27. The number of aromatic nitrogens is 1. The van der Waals surface area contributed by atoms with Gasteiger partial charge in [-0.1, -0.05) is 19.0 Å². The second kappa shape index (κ2) is 1.85. The van der Waals surface area contributed by atoms with Gasteiger partial charge in [-0.05, 0) is 5.41 Å².